The van der Waals surface area contributed by atoms with Gasteiger partial charge in [0.1, 0.15) is 5.75 Å². The Balaban J connectivity index is 1.54. The maximum atomic E-state index is 13.0. The van der Waals surface area contributed by atoms with Crippen molar-refractivity contribution in [2.75, 3.05) is 31.6 Å². The molecule has 45 heavy (non-hydrogen) atoms. The minimum Gasteiger partial charge on any atom is -0.497 e. The van der Waals surface area contributed by atoms with Crippen LogP contribution < -0.4 is 9.64 Å². The first-order valence-electron chi connectivity index (χ1n) is 17.7. The van der Waals surface area contributed by atoms with E-state index in [1.165, 1.54) is 37.7 Å². The van der Waals surface area contributed by atoms with E-state index >= 15 is 0 Å². The number of anilines is 1. The molecule has 0 spiro atoms. The largest absolute Gasteiger partial charge is 0.497 e. The van der Waals surface area contributed by atoms with Gasteiger partial charge in [-0.15, -0.1) is 0 Å². The summed E-state index contributed by atoms with van der Waals surface area (Å²) in [5, 5.41) is 1.05. The lowest BCUT2D eigenvalue weighted by atomic mass is 10.1. The predicted molar refractivity (Wildman–Crippen MR) is 189 cm³/mol. The number of hydrogen-bond acceptors (Lipinski definition) is 3. The molecule has 1 heterocycles. The number of aromatic nitrogens is 1. The summed E-state index contributed by atoms with van der Waals surface area (Å²) in [4.78, 5) is 30.1. The van der Waals surface area contributed by atoms with Gasteiger partial charge in [0, 0.05) is 50.6 Å². The molecule has 248 valence electrons. The zero-order chi connectivity index (χ0) is 32.4. The van der Waals surface area contributed by atoms with Crippen LogP contribution in [0.5, 0.6) is 5.75 Å². The lowest BCUT2D eigenvalue weighted by molar-refractivity contribution is -0.131. The van der Waals surface area contributed by atoms with Crippen molar-refractivity contribution in [2.45, 2.75) is 124 Å². The van der Waals surface area contributed by atoms with Crippen LogP contribution in [0.25, 0.3) is 10.9 Å². The molecule has 0 unspecified atom stereocenters. The van der Waals surface area contributed by atoms with E-state index in [0.29, 0.717) is 18.9 Å². The molecule has 0 aliphatic heterocycles. The van der Waals surface area contributed by atoms with Gasteiger partial charge in [0.2, 0.25) is 11.8 Å². The van der Waals surface area contributed by atoms with Crippen molar-refractivity contribution in [3.63, 3.8) is 0 Å². The third-order valence-corrected chi connectivity index (χ3v) is 9.02. The van der Waals surface area contributed by atoms with Gasteiger partial charge in [0.15, 0.2) is 0 Å². The summed E-state index contributed by atoms with van der Waals surface area (Å²) in [6, 6.07) is 16.6. The number of fused-ring (bicyclic) bond motifs is 1. The summed E-state index contributed by atoms with van der Waals surface area (Å²) in [5.74, 6) is 1.18. The van der Waals surface area contributed by atoms with Crippen molar-refractivity contribution in [3.8, 4) is 5.75 Å². The fraction of sp³-hybridized carbons (Fsp3) is 0.590. The van der Waals surface area contributed by atoms with Crippen LogP contribution in [0.3, 0.4) is 0 Å². The highest BCUT2D eigenvalue weighted by Crippen LogP contribution is 2.37. The summed E-state index contributed by atoms with van der Waals surface area (Å²) in [7, 11) is 1.68. The van der Waals surface area contributed by atoms with E-state index in [1.54, 1.807) is 14.0 Å². The number of carbonyl (C=O) groups excluding carboxylic acids is 2. The SMILES string of the molecule is CCCCCCCCN(CCCC)C(=O)CCCCCCCN(C(C)=O)c1c(C)n(Cc2ccccc2)c2ccc(OC)cc12. The Hall–Kier alpha value is -3.28. The lowest BCUT2D eigenvalue weighted by Crippen LogP contribution is -2.32. The summed E-state index contributed by atoms with van der Waals surface area (Å²) < 4.78 is 7.88. The number of nitrogens with zero attached hydrogens (tertiary/aromatic N) is 3. The van der Waals surface area contributed by atoms with Gasteiger partial charge < -0.3 is 19.1 Å². The third kappa shape index (κ3) is 11.2. The molecule has 0 radical (unpaired) electrons. The first-order chi connectivity index (χ1) is 21.9. The second-order valence-corrected chi connectivity index (χ2v) is 12.6. The molecular formula is C39H59N3O3. The molecule has 6 nitrogen and oxygen atoms in total. The van der Waals surface area contributed by atoms with Gasteiger partial charge in [0.25, 0.3) is 0 Å². The second kappa shape index (κ2) is 20.0. The first kappa shape index (κ1) is 36.2. The van der Waals surface area contributed by atoms with Gasteiger partial charge in [-0.1, -0.05) is 102 Å². The summed E-state index contributed by atoms with van der Waals surface area (Å²) >= 11 is 0. The van der Waals surface area contributed by atoms with E-state index in [1.807, 2.05) is 17.0 Å². The molecule has 6 heteroatoms. The number of ether oxygens (including phenoxy) is 1. The smallest absolute Gasteiger partial charge is 0.223 e. The average Bonchev–Trinajstić information content (AvgIpc) is 3.31. The Bertz CT molecular complexity index is 1300. The predicted octanol–water partition coefficient (Wildman–Crippen LogP) is 9.69. The van der Waals surface area contributed by atoms with Crippen LogP contribution in [0.15, 0.2) is 48.5 Å². The summed E-state index contributed by atoms with van der Waals surface area (Å²) in [6.45, 7) is 11.5. The minimum absolute atomic E-state index is 0.0582. The summed E-state index contributed by atoms with van der Waals surface area (Å²) in [5.41, 5.74) is 4.40. The van der Waals surface area contributed by atoms with Crippen LogP contribution in [0.1, 0.15) is 122 Å². The molecular weight excluding hydrogens is 558 g/mol. The first-order valence-corrected chi connectivity index (χ1v) is 17.7. The van der Waals surface area contributed by atoms with Crippen molar-refractivity contribution in [2.24, 2.45) is 0 Å². The molecule has 0 aliphatic rings. The number of methoxy groups -OCH3 is 1. The van der Waals surface area contributed by atoms with Gasteiger partial charge in [-0.2, -0.15) is 0 Å². The van der Waals surface area contributed by atoms with Gasteiger partial charge in [0.05, 0.1) is 18.3 Å². The zero-order valence-electron chi connectivity index (χ0n) is 28.9. The van der Waals surface area contributed by atoms with Crippen molar-refractivity contribution in [1.82, 2.24) is 9.47 Å². The minimum atomic E-state index is 0.0582. The number of hydrogen-bond donors (Lipinski definition) is 0. The maximum Gasteiger partial charge on any atom is 0.223 e. The lowest BCUT2D eigenvalue weighted by Gasteiger charge is -2.23. The van der Waals surface area contributed by atoms with Crippen LogP contribution in [-0.4, -0.2) is 48.0 Å². The van der Waals surface area contributed by atoms with Gasteiger partial charge in [-0.25, -0.2) is 0 Å². The van der Waals surface area contributed by atoms with Crippen LogP contribution in [0.4, 0.5) is 5.69 Å². The average molecular weight is 618 g/mol. The summed E-state index contributed by atoms with van der Waals surface area (Å²) in [6.07, 6.45) is 15.5. The molecule has 0 aliphatic carbocycles. The van der Waals surface area contributed by atoms with E-state index < -0.39 is 0 Å². The maximum absolute atomic E-state index is 13.0. The highest BCUT2D eigenvalue weighted by molar-refractivity contribution is 6.04. The molecule has 0 atom stereocenters. The van der Waals surface area contributed by atoms with Crippen LogP contribution >= 0.6 is 0 Å². The quantitative estimate of drug-likeness (QED) is 0.106. The van der Waals surface area contributed by atoms with Crippen LogP contribution in [0.2, 0.25) is 0 Å². The Labute approximate surface area is 273 Å². The molecule has 0 fully saturated rings. The molecule has 0 N–H and O–H groups in total. The van der Waals surface area contributed by atoms with E-state index in [0.717, 1.165) is 99.0 Å². The number of carbonyl (C=O) groups is 2. The topological polar surface area (TPSA) is 54.8 Å². The molecule has 0 saturated carbocycles. The Morgan fingerprint density at radius 3 is 2.04 bits per heavy atom. The fourth-order valence-corrected chi connectivity index (χ4v) is 6.34. The number of benzene rings is 2. The van der Waals surface area contributed by atoms with E-state index in [2.05, 4.69) is 66.6 Å². The Morgan fingerprint density at radius 2 is 1.38 bits per heavy atom. The molecule has 3 aromatic rings. The molecule has 3 rings (SSSR count). The van der Waals surface area contributed by atoms with Crippen LogP contribution in [0, 0.1) is 6.92 Å². The third-order valence-electron chi connectivity index (χ3n) is 9.02. The normalized spacial score (nSPS) is 11.2. The zero-order valence-corrected chi connectivity index (χ0v) is 28.9. The van der Waals surface area contributed by atoms with Crippen molar-refractivity contribution < 1.29 is 14.3 Å². The van der Waals surface area contributed by atoms with Crippen molar-refractivity contribution in [3.05, 3.63) is 59.8 Å². The molecule has 1 aromatic heterocycles. The molecule has 0 saturated heterocycles. The van der Waals surface area contributed by atoms with Crippen LogP contribution in [-0.2, 0) is 16.1 Å². The molecule has 2 aromatic carbocycles. The molecule has 2 amide bonds. The number of unbranched alkanes of at least 4 members (excludes halogenated alkanes) is 10. The highest BCUT2D eigenvalue weighted by Gasteiger charge is 2.23. The fourth-order valence-electron chi connectivity index (χ4n) is 6.34. The standard InChI is InChI=1S/C39H59N3O3/c1-6-8-10-11-14-20-28-40(27-9-7-2)38(44)24-19-13-12-15-21-29-41(33(4)43)39-32(3)42(31-34-22-17-16-18-23-34)37-26-25-35(45-5)30-36(37)39/h16-18,22-23,25-26,30H,6-15,19-21,24,27-29,31H2,1-5H3. The van der Waals surface area contributed by atoms with E-state index in [-0.39, 0.29) is 5.91 Å². The van der Waals surface area contributed by atoms with Gasteiger partial charge >= 0.3 is 0 Å². The van der Waals surface area contributed by atoms with E-state index in [9.17, 15) is 9.59 Å². The van der Waals surface area contributed by atoms with Gasteiger partial charge in [-0.3, -0.25) is 9.59 Å². The molecule has 0 bridgehead atoms. The number of amides is 2. The monoisotopic (exact) mass is 617 g/mol. The van der Waals surface area contributed by atoms with E-state index in [4.69, 9.17) is 4.74 Å². The van der Waals surface area contributed by atoms with Gasteiger partial charge in [-0.05, 0) is 56.4 Å². The Kier molecular flexibility index (Phi) is 16.1. The second-order valence-electron chi connectivity index (χ2n) is 12.6. The van der Waals surface area contributed by atoms with Crippen molar-refractivity contribution >= 4 is 28.4 Å². The Morgan fingerprint density at radius 1 is 0.756 bits per heavy atom. The number of rotatable bonds is 22. The highest BCUT2D eigenvalue weighted by atomic mass is 16.5. The van der Waals surface area contributed by atoms with Crippen molar-refractivity contribution in [1.29, 1.82) is 0 Å².